The molecule has 1 aromatic carbocycles. The van der Waals surface area contributed by atoms with Crippen LogP contribution in [-0.4, -0.2) is 35.3 Å². The van der Waals surface area contributed by atoms with Crippen molar-refractivity contribution in [2.45, 2.75) is 26.2 Å². The van der Waals surface area contributed by atoms with Gasteiger partial charge < -0.3 is 19.9 Å². The molecule has 1 amide bonds. The zero-order valence-corrected chi connectivity index (χ0v) is 14.8. The molecule has 0 atom stereocenters. The van der Waals surface area contributed by atoms with Gasteiger partial charge in [0.2, 0.25) is 6.79 Å². The van der Waals surface area contributed by atoms with E-state index < -0.39 is 5.97 Å². The van der Waals surface area contributed by atoms with Crippen molar-refractivity contribution in [2.75, 3.05) is 13.3 Å². The van der Waals surface area contributed by atoms with Gasteiger partial charge >= 0.3 is 5.97 Å². The van der Waals surface area contributed by atoms with Crippen LogP contribution >= 0.6 is 0 Å². The summed E-state index contributed by atoms with van der Waals surface area (Å²) >= 11 is 0. The normalized spacial score (nSPS) is 12.7. The van der Waals surface area contributed by atoms with Gasteiger partial charge in [0.1, 0.15) is 5.69 Å². The molecule has 0 radical (unpaired) electrons. The number of carbonyl (C=O) groups excluding carboxylic acids is 1. The fraction of sp³-hybridized carbons (Fsp3) is 0.316. The van der Waals surface area contributed by atoms with E-state index >= 15 is 0 Å². The molecule has 1 aromatic heterocycles. The van der Waals surface area contributed by atoms with Gasteiger partial charge in [-0.2, -0.15) is 0 Å². The fourth-order valence-electron chi connectivity index (χ4n) is 2.72. The van der Waals surface area contributed by atoms with Crippen molar-refractivity contribution < 1.29 is 24.2 Å². The Bertz CT molecular complexity index is 876. The summed E-state index contributed by atoms with van der Waals surface area (Å²) in [5.74, 6) is -0.00000908. The van der Waals surface area contributed by atoms with Crippen molar-refractivity contribution in [3.63, 3.8) is 0 Å². The van der Waals surface area contributed by atoms with Crippen molar-refractivity contribution >= 4 is 11.9 Å². The minimum atomic E-state index is -1.06. The first kappa shape index (κ1) is 17.7. The Morgan fingerprint density at radius 3 is 2.62 bits per heavy atom. The number of benzene rings is 1. The number of rotatable bonds is 5. The summed E-state index contributed by atoms with van der Waals surface area (Å²) in [4.78, 5) is 27.5. The number of nitrogens with one attached hydrogen (secondary N) is 1. The first-order chi connectivity index (χ1) is 12.3. The Labute approximate surface area is 151 Å². The maximum absolute atomic E-state index is 12.4. The lowest BCUT2D eigenvalue weighted by molar-refractivity contribution is 0.0694. The molecule has 26 heavy (non-hydrogen) atoms. The minimum absolute atomic E-state index is 0.0854. The molecule has 0 saturated heterocycles. The second-order valence-corrected chi connectivity index (χ2v) is 6.77. The number of hydrogen-bond donors (Lipinski definition) is 2. The highest BCUT2D eigenvalue weighted by Gasteiger charge is 2.25. The maximum atomic E-state index is 12.4. The summed E-state index contributed by atoms with van der Waals surface area (Å²) in [7, 11) is 0. The second-order valence-electron chi connectivity index (χ2n) is 6.77. The molecule has 0 saturated carbocycles. The average Bonchev–Trinajstić information content (AvgIpc) is 3.07. The van der Waals surface area contributed by atoms with Crippen LogP contribution in [0, 0.1) is 6.92 Å². The smallest absolute Gasteiger partial charge is 0.337 e. The molecule has 0 spiro atoms. The van der Waals surface area contributed by atoms with Crippen LogP contribution in [0.3, 0.4) is 0 Å². The number of carboxylic acids is 1. The van der Waals surface area contributed by atoms with Gasteiger partial charge in [0.25, 0.3) is 5.91 Å². The van der Waals surface area contributed by atoms with Crippen molar-refractivity contribution in [2.24, 2.45) is 0 Å². The number of aromatic carboxylic acids is 1. The number of aryl methyl sites for hydroxylation is 1. The summed E-state index contributed by atoms with van der Waals surface area (Å²) in [6, 6.07) is 8.53. The highest BCUT2D eigenvalue weighted by Crippen LogP contribution is 2.36. The third-order valence-electron chi connectivity index (χ3n) is 4.39. The van der Waals surface area contributed by atoms with Crippen LogP contribution in [0.2, 0.25) is 0 Å². The quantitative estimate of drug-likeness (QED) is 0.854. The Balaban J connectivity index is 1.70. The molecule has 2 heterocycles. The Morgan fingerprint density at radius 1 is 1.19 bits per heavy atom. The molecule has 2 aromatic rings. The monoisotopic (exact) mass is 356 g/mol. The molecule has 0 fully saturated rings. The predicted octanol–water partition coefficient (Wildman–Crippen LogP) is 2.52. The molecule has 1 aliphatic heterocycles. The minimum Gasteiger partial charge on any atom is -0.478 e. The molecule has 0 bridgehead atoms. The number of carbonyl (C=O) groups is 2. The Morgan fingerprint density at radius 2 is 1.92 bits per heavy atom. The zero-order chi connectivity index (χ0) is 18.9. The van der Waals surface area contributed by atoms with E-state index in [1.807, 2.05) is 32.0 Å². The van der Waals surface area contributed by atoms with Crippen LogP contribution in [0.4, 0.5) is 0 Å². The van der Waals surface area contributed by atoms with Crippen molar-refractivity contribution in [3.8, 4) is 11.5 Å². The second kappa shape index (κ2) is 6.67. The van der Waals surface area contributed by atoms with Crippen LogP contribution in [0.5, 0.6) is 11.5 Å². The van der Waals surface area contributed by atoms with Gasteiger partial charge in [-0.15, -0.1) is 0 Å². The predicted molar refractivity (Wildman–Crippen MR) is 93.9 cm³/mol. The van der Waals surface area contributed by atoms with E-state index in [1.54, 1.807) is 6.92 Å². The van der Waals surface area contributed by atoms with Gasteiger partial charge in [-0.25, -0.2) is 9.78 Å². The van der Waals surface area contributed by atoms with E-state index in [9.17, 15) is 9.59 Å². The molecular formula is C19H20N2O5. The van der Waals surface area contributed by atoms with E-state index in [0.717, 1.165) is 5.56 Å². The van der Waals surface area contributed by atoms with Crippen molar-refractivity contribution in [1.29, 1.82) is 0 Å². The van der Waals surface area contributed by atoms with Crippen molar-refractivity contribution in [3.05, 3.63) is 52.8 Å². The number of amides is 1. The van der Waals surface area contributed by atoms with E-state index in [-0.39, 0.29) is 29.4 Å². The summed E-state index contributed by atoms with van der Waals surface area (Å²) in [6.45, 7) is 6.19. The molecule has 136 valence electrons. The van der Waals surface area contributed by atoms with Gasteiger partial charge in [0, 0.05) is 12.0 Å². The number of aromatic nitrogens is 1. The number of hydrogen-bond acceptors (Lipinski definition) is 5. The maximum Gasteiger partial charge on any atom is 0.337 e. The van der Waals surface area contributed by atoms with Crippen LogP contribution in [-0.2, 0) is 5.41 Å². The summed E-state index contributed by atoms with van der Waals surface area (Å²) < 4.78 is 10.7. The lowest BCUT2D eigenvalue weighted by atomic mass is 9.84. The molecule has 1 aliphatic rings. The first-order valence-corrected chi connectivity index (χ1v) is 8.17. The summed E-state index contributed by atoms with van der Waals surface area (Å²) in [5.41, 5.74) is 1.25. The topological polar surface area (TPSA) is 97.8 Å². The van der Waals surface area contributed by atoms with Gasteiger partial charge in [0.15, 0.2) is 11.5 Å². The fourth-order valence-corrected chi connectivity index (χ4v) is 2.72. The average molecular weight is 356 g/mol. The summed E-state index contributed by atoms with van der Waals surface area (Å²) in [6.07, 6.45) is 0. The van der Waals surface area contributed by atoms with Crippen LogP contribution < -0.4 is 14.8 Å². The molecule has 7 nitrogen and oxygen atoms in total. The van der Waals surface area contributed by atoms with E-state index in [4.69, 9.17) is 14.6 Å². The molecule has 2 N–H and O–H groups in total. The molecule has 3 rings (SSSR count). The first-order valence-electron chi connectivity index (χ1n) is 8.17. The molecular weight excluding hydrogens is 336 g/mol. The van der Waals surface area contributed by atoms with Gasteiger partial charge in [-0.1, -0.05) is 19.9 Å². The number of nitrogens with zero attached hydrogens (tertiary/aromatic N) is 1. The highest BCUT2D eigenvalue weighted by molar-refractivity contribution is 5.94. The van der Waals surface area contributed by atoms with Gasteiger partial charge in [-0.05, 0) is 36.8 Å². The SMILES string of the molecule is Cc1nc(C(=O)NCC(C)(C)c2ccc3c(c2)OCO3)ccc1C(=O)O. The van der Waals surface area contributed by atoms with E-state index in [1.165, 1.54) is 12.1 Å². The Hall–Kier alpha value is -3.09. The highest BCUT2D eigenvalue weighted by atomic mass is 16.7. The number of fused-ring (bicyclic) bond motifs is 1. The lowest BCUT2D eigenvalue weighted by Gasteiger charge is -2.26. The van der Waals surface area contributed by atoms with Gasteiger partial charge in [-0.3, -0.25) is 4.79 Å². The third kappa shape index (κ3) is 3.46. The molecule has 7 heteroatoms. The largest absolute Gasteiger partial charge is 0.478 e. The molecule has 0 aliphatic carbocycles. The molecule has 0 unspecified atom stereocenters. The van der Waals surface area contributed by atoms with E-state index in [0.29, 0.717) is 23.7 Å². The number of ether oxygens (including phenoxy) is 2. The van der Waals surface area contributed by atoms with Crippen LogP contribution in [0.1, 0.15) is 46.0 Å². The van der Waals surface area contributed by atoms with E-state index in [2.05, 4.69) is 10.3 Å². The van der Waals surface area contributed by atoms with Crippen LogP contribution in [0.15, 0.2) is 30.3 Å². The summed E-state index contributed by atoms with van der Waals surface area (Å²) in [5, 5.41) is 11.9. The zero-order valence-electron chi connectivity index (χ0n) is 14.8. The third-order valence-corrected chi connectivity index (χ3v) is 4.39. The van der Waals surface area contributed by atoms with Crippen molar-refractivity contribution in [1.82, 2.24) is 10.3 Å². The number of pyridine rings is 1. The Kier molecular flexibility index (Phi) is 4.54. The lowest BCUT2D eigenvalue weighted by Crippen LogP contribution is -2.37. The number of carboxylic acid groups (broad SMARTS) is 1. The van der Waals surface area contributed by atoms with Crippen LogP contribution in [0.25, 0.3) is 0 Å². The standard InChI is InChI=1S/C19H20N2O5/c1-11-13(18(23)24)5-6-14(21-11)17(22)20-9-19(2,3)12-4-7-15-16(8-12)26-10-25-15/h4-8H,9-10H2,1-3H3,(H,20,22)(H,23,24). The van der Waals surface area contributed by atoms with Gasteiger partial charge in [0.05, 0.1) is 11.3 Å².